The van der Waals surface area contributed by atoms with Crippen molar-refractivity contribution in [1.29, 1.82) is 0 Å². The van der Waals surface area contributed by atoms with Crippen molar-refractivity contribution >= 4 is 39.5 Å². The molecule has 0 unspecified atom stereocenters. The summed E-state index contributed by atoms with van der Waals surface area (Å²) in [5.74, 6) is -2.13. The lowest BCUT2D eigenvalue weighted by Crippen LogP contribution is -2.99. The van der Waals surface area contributed by atoms with Crippen LogP contribution in [-0.4, -0.2) is 63.8 Å². The third-order valence-corrected chi connectivity index (χ3v) is 3.70. The van der Waals surface area contributed by atoms with Crippen LogP contribution >= 0.6 is 15.9 Å². The largest absolute Gasteiger partial charge is 0.503 e. The van der Waals surface area contributed by atoms with Crippen molar-refractivity contribution in [3.63, 3.8) is 0 Å². The molecule has 1 aliphatic heterocycles. The summed E-state index contributed by atoms with van der Waals surface area (Å²) >= 11 is 3.04. The Kier molecular flexibility index (Phi) is 4.61. The summed E-state index contributed by atoms with van der Waals surface area (Å²) in [7, 11) is 4.45. The molecular weight excluding hydrogens is 372 g/mol. The van der Waals surface area contributed by atoms with Crippen LogP contribution in [0.1, 0.15) is 10.5 Å². The van der Waals surface area contributed by atoms with E-state index in [1.807, 2.05) is 0 Å². The maximum Gasteiger partial charge on any atom is 0.384 e. The number of nitrogens with zero attached hydrogens (tertiary/aromatic N) is 4. The zero-order valence-corrected chi connectivity index (χ0v) is 14.1. The van der Waals surface area contributed by atoms with Crippen LogP contribution in [-0.2, 0) is 9.59 Å². The van der Waals surface area contributed by atoms with Gasteiger partial charge in [-0.2, -0.15) is 10.4 Å². The molecule has 4 N–H and O–H groups in total. The number of aromatic nitrogens is 2. The Morgan fingerprint density at radius 1 is 1.39 bits per heavy atom. The number of aromatic hydroxyl groups is 1. The number of hydrogen-bond donors (Lipinski definition) is 3. The summed E-state index contributed by atoms with van der Waals surface area (Å²) in [5, 5.41) is 13.8. The standard InChI is InChI=1S/C12H13BrN6O4/c1-18(2)12(23)7-8(20)9(15-4-14-7)16-6-5(13)11(22)19(3)17-10(6)21/h4,20H,1-3H3,(H,17,21)(H,14,15,16)/p+1. The van der Waals surface area contributed by atoms with E-state index in [0.29, 0.717) is 0 Å². The fraction of sp³-hybridized carbons (Fsp3) is 0.250. The van der Waals surface area contributed by atoms with Crippen molar-refractivity contribution in [1.82, 2.24) is 19.9 Å². The van der Waals surface area contributed by atoms with Crippen LogP contribution < -0.4 is 10.7 Å². The van der Waals surface area contributed by atoms with Crippen LogP contribution in [0.4, 0.5) is 5.82 Å². The van der Waals surface area contributed by atoms with Gasteiger partial charge in [-0.05, 0) is 15.9 Å². The fourth-order valence-corrected chi connectivity index (χ4v) is 2.32. The number of carbonyl (C=O) groups is 3. The van der Waals surface area contributed by atoms with E-state index in [1.54, 1.807) is 0 Å². The molecule has 0 saturated carbocycles. The van der Waals surface area contributed by atoms with Gasteiger partial charge in [-0.25, -0.2) is 14.8 Å². The first-order valence-corrected chi connectivity index (χ1v) is 7.12. The molecule has 0 fully saturated rings. The molecule has 0 spiro atoms. The van der Waals surface area contributed by atoms with Crippen LogP contribution in [0, 0.1) is 0 Å². The maximum atomic E-state index is 12.0. The molecule has 0 aliphatic carbocycles. The highest BCUT2D eigenvalue weighted by Gasteiger charge is 2.34. The van der Waals surface area contributed by atoms with Crippen LogP contribution in [0.25, 0.3) is 0 Å². The fourth-order valence-electron chi connectivity index (χ4n) is 1.74. The van der Waals surface area contributed by atoms with Gasteiger partial charge in [0.05, 0.1) is 7.05 Å². The predicted octanol–water partition coefficient (Wildman–Crippen LogP) is -1.62. The molecule has 10 nitrogen and oxygen atoms in total. The average Bonchev–Trinajstić information content (AvgIpc) is 2.50. The highest BCUT2D eigenvalue weighted by Crippen LogP contribution is 2.27. The van der Waals surface area contributed by atoms with Crippen LogP contribution in [0.3, 0.4) is 0 Å². The number of quaternary nitrogens is 1. The lowest BCUT2D eigenvalue weighted by atomic mass is 10.2. The van der Waals surface area contributed by atoms with Crippen molar-refractivity contribution < 1.29 is 24.9 Å². The number of amides is 3. The van der Waals surface area contributed by atoms with Gasteiger partial charge >= 0.3 is 11.8 Å². The average molecular weight is 386 g/mol. The monoisotopic (exact) mass is 385 g/mol. The number of nitrogens with two attached hydrogens (primary N) is 1. The van der Waals surface area contributed by atoms with E-state index in [0.717, 1.165) is 16.8 Å². The molecule has 11 heteroatoms. The molecule has 0 saturated heterocycles. The van der Waals surface area contributed by atoms with Gasteiger partial charge in [0, 0.05) is 14.1 Å². The Labute approximate surface area is 139 Å². The van der Waals surface area contributed by atoms with E-state index in [-0.39, 0.29) is 21.7 Å². The molecule has 3 amide bonds. The van der Waals surface area contributed by atoms with Crippen molar-refractivity contribution in [2.45, 2.75) is 0 Å². The summed E-state index contributed by atoms with van der Waals surface area (Å²) < 4.78 is -0.00833. The van der Waals surface area contributed by atoms with Crippen LogP contribution in [0.15, 0.2) is 16.5 Å². The topological polar surface area (TPSA) is 132 Å². The third kappa shape index (κ3) is 3.14. The van der Waals surface area contributed by atoms with Crippen molar-refractivity contribution in [2.75, 3.05) is 26.5 Å². The van der Waals surface area contributed by atoms with E-state index in [4.69, 9.17) is 0 Å². The number of hydrogen-bond acceptors (Lipinski definition) is 7. The Hall–Kier alpha value is -2.53. The van der Waals surface area contributed by atoms with Gasteiger partial charge in [0.15, 0.2) is 23.0 Å². The second-order valence-electron chi connectivity index (χ2n) is 4.84. The van der Waals surface area contributed by atoms with Crippen molar-refractivity contribution in [3.8, 4) is 5.75 Å². The van der Waals surface area contributed by atoms with Gasteiger partial charge in [-0.3, -0.25) is 9.59 Å². The molecule has 1 aromatic rings. The van der Waals surface area contributed by atoms with E-state index in [1.165, 1.54) is 26.0 Å². The molecule has 1 aromatic heterocycles. The Morgan fingerprint density at radius 2 is 2.04 bits per heavy atom. The Balaban J connectivity index is 2.41. The lowest BCUT2D eigenvalue weighted by Gasteiger charge is -2.21. The third-order valence-electron chi connectivity index (χ3n) is 2.96. The number of rotatable bonds is 3. The Morgan fingerprint density at radius 3 is 2.65 bits per heavy atom. The molecule has 23 heavy (non-hydrogen) atoms. The zero-order chi connectivity index (χ0) is 17.3. The SMILES string of the molecule is CN(C)C(=O)c1ncnc(NC2=C(Br)C(=O)N(C)[NH2+]C2=O)c1O. The number of primary amides is 1. The second kappa shape index (κ2) is 6.30. The van der Waals surface area contributed by atoms with E-state index in [9.17, 15) is 19.5 Å². The number of anilines is 1. The molecule has 2 heterocycles. The molecule has 0 radical (unpaired) electrons. The predicted molar refractivity (Wildman–Crippen MR) is 81.0 cm³/mol. The molecular formula is C12H14BrN6O4+. The first kappa shape index (κ1) is 16.8. The van der Waals surface area contributed by atoms with Gasteiger partial charge < -0.3 is 15.3 Å². The number of nitrogens with one attached hydrogen (secondary N) is 1. The summed E-state index contributed by atoms with van der Waals surface area (Å²) in [4.78, 5) is 44.6. The summed E-state index contributed by atoms with van der Waals surface area (Å²) in [5.41, 5.74) is 0.782. The van der Waals surface area contributed by atoms with E-state index >= 15 is 0 Å². The van der Waals surface area contributed by atoms with Crippen LogP contribution in [0.2, 0.25) is 0 Å². The van der Waals surface area contributed by atoms with Crippen molar-refractivity contribution in [2.24, 2.45) is 0 Å². The minimum atomic E-state index is -0.529. The molecule has 1 aliphatic rings. The normalized spacial score (nSPS) is 15.0. The molecule has 0 atom stereocenters. The first-order chi connectivity index (χ1) is 10.7. The lowest BCUT2D eigenvalue weighted by molar-refractivity contribution is -0.702. The van der Waals surface area contributed by atoms with E-state index < -0.39 is 23.5 Å². The minimum Gasteiger partial charge on any atom is -0.503 e. The molecule has 2 rings (SSSR count). The molecule has 0 aromatic carbocycles. The summed E-state index contributed by atoms with van der Waals surface area (Å²) in [6.07, 6.45) is 1.07. The van der Waals surface area contributed by atoms with Gasteiger partial charge in [0.25, 0.3) is 5.91 Å². The maximum absolute atomic E-state index is 12.0. The van der Waals surface area contributed by atoms with Crippen molar-refractivity contribution in [3.05, 3.63) is 22.2 Å². The van der Waals surface area contributed by atoms with Gasteiger partial charge in [-0.1, -0.05) is 0 Å². The van der Waals surface area contributed by atoms with Crippen LogP contribution in [0.5, 0.6) is 5.75 Å². The first-order valence-electron chi connectivity index (χ1n) is 6.32. The minimum absolute atomic E-state index is 0.00833. The highest BCUT2D eigenvalue weighted by molar-refractivity contribution is 9.12. The number of carbonyl (C=O) groups excluding carboxylic acids is 3. The molecule has 122 valence electrons. The zero-order valence-electron chi connectivity index (χ0n) is 12.5. The molecule has 0 bridgehead atoms. The number of likely N-dealkylation sites (N-methyl/N-ethyl adjacent to an activating group) is 1. The Bertz CT molecular complexity index is 732. The smallest absolute Gasteiger partial charge is 0.384 e. The number of halogens is 1. The quantitative estimate of drug-likeness (QED) is 0.420. The van der Waals surface area contributed by atoms with E-state index in [2.05, 4.69) is 31.2 Å². The summed E-state index contributed by atoms with van der Waals surface area (Å²) in [6, 6.07) is 0. The van der Waals surface area contributed by atoms with Gasteiger partial charge in [-0.15, -0.1) is 0 Å². The van der Waals surface area contributed by atoms with Gasteiger partial charge in [0.1, 0.15) is 10.8 Å². The second-order valence-corrected chi connectivity index (χ2v) is 5.64. The summed E-state index contributed by atoms with van der Waals surface area (Å²) in [6.45, 7) is 0. The van der Waals surface area contributed by atoms with Gasteiger partial charge in [0.2, 0.25) is 0 Å². The highest BCUT2D eigenvalue weighted by atomic mass is 79.9.